The lowest BCUT2D eigenvalue weighted by atomic mass is 9.82. The Balaban J connectivity index is 2.21. The zero-order valence-electron chi connectivity index (χ0n) is 11.7. The molecule has 0 bridgehead atoms. The summed E-state index contributed by atoms with van der Waals surface area (Å²) in [6, 6.07) is 0. The predicted molar refractivity (Wildman–Crippen MR) is 70.9 cm³/mol. The number of rotatable bonds is 2. The molecule has 1 heterocycles. The lowest BCUT2D eigenvalue weighted by Crippen LogP contribution is -2.57. The Hall–Kier alpha value is -1.30. The first-order valence-corrected chi connectivity index (χ1v) is 6.83. The second-order valence-electron chi connectivity index (χ2n) is 6.11. The number of carbonyl (C=O) groups is 1. The molecule has 3 N–H and O–H groups in total. The minimum Gasteiger partial charge on any atom is -0.409 e. The third kappa shape index (κ3) is 2.54. The fourth-order valence-corrected chi connectivity index (χ4v) is 3.15. The number of amidine groups is 1. The molecule has 6 heteroatoms. The van der Waals surface area contributed by atoms with Gasteiger partial charge in [0.2, 0.25) is 5.91 Å². The van der Waals surface area contributed by atoms with Gasteiger partial charge in [-0.2, -0.15) is 0 Å². The van der Waals surface area contributed by atoms with Crippen molar-refractivity contribution in [3.05, 3.63) is 0 Å². The van der Waals surface area contributed by atoms with Crippen molar-refractivity contribution in [2.75, 3.05) is 19.7 Å². The van der Waals surface area contributed by atoms with E-state index >= 15 is 0 Å². The van der Waals surface area contributed by atoms with Gasteiger partial charge in [0.15, 0.2) is 5.84 Å². The fraction of sp³-hybridized carbons (Fsp3) is 0.846. The Bertz CT molecular complexity index is 387. The van der Waals surface area contributed by atoms with E-state index < -0.39 is 5.41 Å². The van der Waals surface area contributed by atoms with Gasteiger partial charge in [-0.15, -0.1) is 0 Å². The summed E-state index contributed by atoms with van der Waals surface area (Å²) in [5.41, 5.74) is 4.67. The van der Waals surface area contributed by atoms with E-state index in [0.29, 0.717) is 32.5 Å². The molecule has 6 nitrogen and oxygen atoms in total. The molecule has 0 aromatic heterocycles. The number of nitrogens with zero attached hydrogens (tertiary/aromatic N) is 2. The van der Waals surface area contributed by atoms with Crippen LogP contribution in [0.15, 0.2) is 5.16 Å². The predicted octanol–water partition coefficient (Wildman–Crippen LogP) is 0.931. The van der Waals surface area contributed by atoms with Gasteiger partial charge < -0.3 is 20.6 Å². The molecule has 2 aliphatic rings. The Morgan fingerprint density at radius 1 is 1.37 bits per heavy atom. The van der Waals surface area contributed by atoms with E-state index in [2.05, 4.69) is 5.16 Å². The third-order valence-electron chi connectivity index (χ3n) is 4.18. The molecular weight excluding hydrogens is 246 g/mol. The van der Waals surface area contributed by atoms with E-state index in [1.165, 1.54) is 0 Å². The van der Waals surface area contributed by atoms with Crippen molar-refractivity contribution in [3.63, 3.8) is 0 Å². The van der Waals surface area contributed by atoms with Crippen LogP contribution in [0.1, 0.15) is 39.5 Å². The van der Waals surface area contributed by atoms with E-state index in [1.54, 1.807) is 4.90 Å². The summed E-state index contributed by atoms with van der Waals surface area (Å²) in [6.07, 6.45) is 3.21. The molecule has 1 amide bonds. The Morgan fingerprint density at radius 2 is 2.00 bits per heavy atom. The minimum atomic E-state index is -0.803. The average Bonchev–Trinajstić information content (AvgIpc) is 2.86. The number of carbonyl (C=O) groups excluding carboxylic acids is 1. The van der Waals surface area contributed by atoms with Crippen LogP contribution in [0.3, 0.4) is 0 Å². The summed E-state index contributed by atoms with van der Waals surface area (Å²) in [6.45, 7) is 5.59. The van der Waals surface area contributed by atoms with Crippen molar-refractivity contribution in [2.45, 2.75) is 45.1 Å². The molecule has 19 heavy (non-hydrogen) atoms. The van der Waals surface area contributed by atoms with Gasteiger partial charge in [-0.1, -0.05) is 18.0 Å². The molecule has 1 aliphatic heterocycles. The first kappa shape index (κ1) is 14.1. The normalized spacial score (nSPS) is 26.4. The van der Waals surface area contributed by atoms with Gasteiger partial charge in [0.1, 0.15) is 5.41 Å². The molecule has 1 saturated heterocycles. The molecule has 0 unspecified atom stereocenters. The number of nitrogens with two attached hydrogens (primary N) is 1. The number of hydrogen-bond acceptors (Lipinski definition) is 4. The van der Waals surface area contributed by atoms with Gasteiger partial charge in [-0.3, -0.25) is 4.79 Å². The van der Waals surface area contributed by atoms with E-state index in [-0.39, 0.29) is 17.3 Å². The van der Waals surface area contributed by atoms with Crippen LogP contribution in [0, 0.1) is 5.41 Å². The largest absolute Gasteiger partial charge is 0.409 e. The van der Waals surface area contributed by atoms with Gasteiger partial charge in [0.05, 0.1) is 12.2 Å². The Kier molecular flexibility index (Phi) is 3.71. The highest BCUT2D eigenvalue weighted by molar-refractivity contribution is 6.07. The third-order valence-corrected chi connectivity index (χ3v) is 4.18. The molecule has 2 rings (SSSR count). The zero-order valence-corrected chi connectivity index (χ0v) is 11.7. The maximum atomic E-state index is 12.8. The Morgan fingerprint density at radius 3 is 2.53 bits per heavy atom. The van der Waals surface area contributed by atoms with Crippen LogP contribution in [0.2, 0.25) is 0 Å². The van der Waals surface area contributed by atoms with Crippen molar-refractivity contribution < 1.29 is 14.7 Å². The standard InChI is InChI=1S/C13H23N3O3/c1-12(2)9-16(7-8-19-12)11(17)13(10(14)15-18)5-3-4-6-13/h18H,3-9H2,1-2H3,(H2,14,15). The second-order valence-corrected chi connectivity index (χ2v) is 6.11. The number of oxime groups is 1. The summed E-state index contributed by atoms with van der Waals surface area (Å²) < 4.78 is 5.62. The van der Waals surface area contributed by atoms with Crippen molar-refractivity contribution >= 4 is 11.7 Å². The highest BCUT2D eigenvalue weighted by atomic mass is 16.5. The highest BCUT2D eigenvalue weighted by Gasteiger charge is 2.48. The first-order chi connectivity index (χ1) is 8.91. The minimum absolute atomic E-state index is 0.0170. The van der Waals surface area contributed by atoms with Crippen molar-refractivity contribution in [1.82, 2.24) is 4.90 Å². The molecular formula is C13H23N3O3. The quantitative estimate of drug-likeness (QED) is 0.338. The second kappa shape index (κ2) is 5.00. The number of hydrogen-bond donors (Lipinski definition) is 2. The molecule has 1 aliphatic carbocycles. The number of amides is 1. The van der Waals surface area contributed by atoms with E-state index in [1.807, 2.05) is 13.8 Å². The van der Waals surface area contributed by atoms with Crippen molar-refractivity contribution in [1.29, 1.82) is 0 Å². The lowest BCUT2D eigenvalue weighted by molar-refractivity contribution is -0.152. The summed E-state index contributed by atoms with van der Waals surface area (Å²) in [7, 11) is 0. The number of morpholine rings is 1. The summed E-state index contributed by atoms with van der Waals surface area (Å²) in [5, 5.41) is 12.1. The number of ether oxygens (including phenoxy) is 1. The monoisotopic (exact) mass is 269 g/mol. The van der Waals surface area contributed by atoms with Crippen LogP contribution < -0.4 is 5.73 Å². The van der Waals surface area contributed by atoms with Crippen LogP contribution in [0.25, 0.3) is 0 Å². The van der Waals surface area contributed by atoms with Gasteiger partial charge in [0, 0.05) is 13.1 Å². The molecule has 0 aromatic carbocycles. The molecule has 108 valence electrons. The van der Waals surface area contributed by atoms with Gasteiger partial charge in [-0.05, 0) is 26.7 Å². The van der Waals surface area contributed by atoms with Crippen LogP contribution in [-0.2, 0) is 9.53 Å². The molecule has 0 atom stereocenters. The Labute approximate surface area is 113 Å². The summed E-state index contributed by atoms with van der Waals surface area (Å²) in [4.78, 5) is 14.6. The molecule has 2 fully saturated rings. The maximum absolute atomic E-state index is 12.8. The van der Waals surface area contributed by atoms with E-state index in [0.717, 1.165) is 12.8 Å². The molecule has 0 spiro atoms. The van der Waals surface area contributed by atoms with Crippen LogP contribution in [0.5, 0.6) is 0 Å². The molecule has 0 aromatic rings. The molecule has 0 radical (unpaired) electrons. The lowest BCUT2D eigenvalue weighted by Gasteiger charge is -2.41. The van der Waals surface area contributed by atoms with Crippen LogP contribution in [0.4, 0.5) is 0 Å². The smallest absolute Gasteiger partial charge is 0.236 e. The van der Waals surface area contributed by atoms with E-state index in [4.69, 9.17) is 15.7 Å². The van der Waals surface area contributed by atoms with Gasteiger partial charge in [0.25, 0.3) is 0 Å². The first-order valence-electron chi connectivity index (χ1n) is 6.83. The van der Waals surface area contributed by atoms with Gasteiger partial charge >= 0.3 is 0 Å². The summed E-state index contributed by atoms with van der Waals surface area (Å²) >= 11 is 0. The maximum Gasteiger partial charge on any atom is 0.236 e. The molecule has 1 saturated carbocycles. The average molecular weight is 269 g/mol. The SMILES string of the molecule is CC1(C)CN(C(=O)C2(C(N)=NO)CCCC2)CCO1. The topological polar surface area (TPSA) is 88.2 Å². The highest BCUT2D eigenvalue weighted by Crippen LogP contribution is 2.40. The van der Waals surface area contributed by atoms with Crippen molar-refractivity contribution in [3.8, 4) is 0 Å². The van der Waals surface area contributed by atoms with E-state index in [9.17, 15) is 4.79 Å². The summed E-state index contributed by atoms with van der Waals surface area (Å²) in [5.74, 6) is 0.0379. The van der Waals surface area contributed by atoms with Gasteiger partial charge in [-0.25, -0.2) is 0 Å². The fourth-order valence-electron chi connectivity index (χ4n) is 3.15. The van der Waals surface area contributed by atoms with Crippen LogP contribution >= 0.6 is 0 Å². The zero-order chi connectivity index (χ0) is 14.1. The van der Waals surface area contributed by atoms with Crippen LogP contribution in [-0.4, -0.2) is 47.1 Å². The van der Waals surface area contributed by atoms with Crippen molar-refractivity contribution in [2.24, 2.45) is 16.3 Å².